The predicted molar refractivity (Wildman–Crippen MR) is 89.8 cm³/mol. The molecule has 0 fully saturated rings. The fourth-order valence-corrected chi connectivity index (χ4v) is 4.60. The minimum Gasteiger partial charge on any atom is -0.445 e. The summed E-state index contributed by atoms with van der Waals surface area (Å²) in [5, 5.41) is 0. The van der Waals surface area contributed by atoms with Crippen LogP contribution in [-0.2, 0) is 23.1 Å². The van der Waals surface area contributed by atoms with Crippen LogP contribution in [0.25, 0.3) is 0 Å². The predicted octanol–water partition coefficient (Wildman–Crippen LogP) is 5.46. The number of ether oxygens (including phenoxy) is 1. The van der Waals surface area contributed by atoms with Gasteiger partial charge in [0.1, 0.15) is 0 Å². The molecular weight excluding hydrogens is 373 g/mol. The van der Waals surface area contributed by atoms with E-state index in [0.29, 0.717) is 6.42 Å². The normalized spacial score (nSPS) is 13.9. The molecule has 9 heteroatoms. The standard InChI is InChI=1S/C13H24Cl3O5P/c1-4-7-8-9-10-11(17)21-12(13(14,15)16)22(18,19-5-2)20-6-3/h12H,4-10H2,1-3H3. The first-order valence-electron chi connectivity index (χ1n) is 7.36. The maximum atomic E-state index is 12.7. The van der Waals surface area contributed by atoms with Crippen LogP contribution in [0.5, 0.6) is 0 Å². The van der Waals surface area contributed by atoms with Crippen molar-refractivity contribution in [3.8, 4) is 0 Å². The molecule has 0 heterocycles. The first kappa shape index (κ1) is 22.5. The highest BCUT2D eigenvalue weighted by Gasteiger charge is 2.51. The van der Waals surface area contributed by atoms with E-state index in [0.717, 1.165) is 19.3 Å². The van der Waals surface area contributed by atoms with Gasteiger partial charge in [-0.3, -0.25) is 9.36 Å². The van der Waals surface area contributed by atoms with Crippen LogP contribution in [-0.4, -0.2) is 28.8 Å². The third-order valence-corrected chi connectivity index (χ3v) is 6.02. The average molecular weight is 398 g/mol. The van der Waals surface area contributed by atoms with E-state index in [9.17, 15) is 9.36 Å². The fourth-order valence-electron chi connectivity index (χ4n) is 1.72. The molecule has 132 valence electrons. The lowest BCUT2D eigenvalue weighted by atomic mass is 10.2. The van der Waals surface area contributed by atoms with Gasteiger partial charge < -0.3 is 13.8 Å². The van der Waals surface area contributed by atoms with Crippen molar-refractivity contribution < 1.29 is 23.1 Å². The summed E-state index contributed by atoms with van der Waals surface area (Å²) in [5.41, 5.74) is 0. The van der Waals surface area contributed by atoms with E-state index in [2.05, 4.69) is 6.92 Å². The molecule has 0 aliphatic rings. The van der Waals surface area contributed by atoms with E-state index in [4.69, 9.17) is 48.6 Å². The minimum atomic E-state index is -3.89. The summed E-state index contributed by atoms with van der Waals surface area (Å²) >= 11 is 17.4. The van der Waals surface area contributed by atoms with Gasteiger partial charge in [-0.2, -0.15) is 0 Å². The molecule has 0 spiro atoms. The summed E-state index contributed by atoms with van der Waals surface area (Å²) in [6.45, 7) is 5.45. The molecule has 0 N–H and O–H groups in total. The Labute approximate surface area is 147 Å². The number of hydrogen-bond acceptors (Lipinski definition) is 5. The highest BCUT2D eigenvalue weighted by molar-refractivity contribution is 7.55. The van der Waals surface area contributed by atoms with Crippen LogP contribution in [0.15, 0.2) is 0 Å². The highest BCUT2D eigenvalue weighted by Crippen LogP contribution is 2.60. The number of carbonyl (C=O) groups is 1. The molecule has 0 aromatic heterocycles. The lowest BCUT2D eigenvalue weighted by molar-refractivity contribution is -0.146. The van der Waals surface area contributed by atoms with E-state index in [1.165, 1.54) is 0 Å². The number of alkyl halides is 3. The topological polar surface area (TPSA) is 61.8 Å². The Morgan fingerprint density at radius 3 is 2.00 bits per heavy atom. The third kappa shape index (κ3) is 8.37. The van der Waals surface area contributed by atoms with Gasteiger partial charge in [0.2, 0.25) is 9.64 Å². The molecule has 1 unspecified atom stereocenters. The SMILES string of the molecule is CCCCCCC(=O)OC(C(Cl)(Cl)Cl)P(=O)(OCC)OCC. The summed E-state index contributed by atoms with van der Waals surface area (Å²) in [6, 6.07) is 0. The smallest absolute Gasteiger partial charge is 0.375 e. The third-order valence-electron chi connectivity index (χ3n) is 2.66. The van der Waals surface area contributed by atoms with Crippen LogP contribution in [0.2, 0.25) is 0 Å². The second-order valence-corrected chi connectivity index (χ2v) is 9.00. The van der Waals surface area contributed by atoms with Crippen molar-refractivity contribution >= 4 is 48.4 Å². The van der Waals surface area contributed by atoms with Crippen LogP contribution in [0.4, 0.5) is 0 Å². The molecule has 0 rings (SSSR count). The van der Waals surface area contributed by atoms with E-state index in [1.807, 2.05) is 0 Å². The lowest BCUT2D eigenvalue weighted by Crippen LogP contribution is -2.33. The second kappa shape index (κ2) is 11.1. The van der Waals surface area contributed by atoms with Crippen molar-refractivity contribution in [1.82, 2.24) is 0 Å². The van der Waals surface area contributed by atoms with Crippen LogP contribution >= 0.6 is 42.4 Å². The zero-order valence-electron chi connectivity index (χ0n) is 13.1. The molecule has 22 heavy (non-hydrogen) atoms. The molecule has 0 radical (unpaired) electrons. The quantitative estimate of drug-likeness (QED) is 0.200. The molecule has 5 nitrogen and oxygen atoms in total. The van der Waals surface area contributed by atoms with Crippen LogP contribution in [0, 0.1) is 0 Å². The zero-order valence-corrected chi connectivity index (χ0v) is 16.3. The van der Waals surface area contributed by atoms with Crippen LogP contribution < -0.4 is 0 Å². The molecule has 0 aliphatic heterocycles. The molecule has 0 aromatic carbocycles. The number of hydrogen-bond donors (Lipinski definition) is 0. The number of carbonyl (C=O) groups excluding carboxylic acids is 1. The molecule has 0 saturated carbocycles. The number of esters is 1. The van der Waals surface area contributed by atoms with Crippen LogP contribution in [0.1, 0.15) is 52.9 Å². The average Bonchev–Trinajstić information content (AvgIpc) is 2.40. The molecule has 0 aromatic rings. The van der Waals surface area contributed by atoms with E-state index in [1.54, 1.807) is 13.8 Å². The van der Waals surface area contributed by atoms with Gasteiger partial charge in [0, 0.05) is 6.42 Å². The number of halogens is 3. The molecule has 1 atom stereocenters. The summed E-state index contributed by atoms with van der Waals surface area (Å²) in [7, 11) is -3.89. The van der Waals surface area contributed by atoms with Crippen molar-refractivity contribution in [3.63, 3.8) is 0 Å². The summed E-state index contributed by atoms with van der Waals surface area (Å²) in [6.07, 6.45) is 3.80. The largest absolute Gasteiger partial charge is 0.445 e. The molecule has 0 saturated heterocycles. The van der Waals surface area contributed by atoms with Crippen molar-refractivity contribution in [1.29, 1.82) is 0 Å². The van der Waals surface area contributed by atoms with Crippen molar-refractivity contribution in [2.24, 2.45) is 0 Å². The maximum absolute atomic E-state index is 12.7. The van der Waals surface area contributed by atoms with E-state index in [-0.39, 0.29) is 19.6 Å². The van der Waals surface area contributed by atoms with Gasteiger partial charge in [0.25, 0.3) is 0 Å². The van der Waals surface area contributed by atoms with Gasteiger partial charge in [-0.25, -0.2) is 0 Å². The van der Waals surface area contributed by atoms with E-state index < -0.39 is 23.2 Å². The van der Waals surface area contributed by atoms with Gasteiger partial charge in [-0.1, -0.05) is 61.0 Å². The first-order chi connectivity index (χ1) is 10.2. The minimum absolute atomic E-state index is 0.0720. The highest BCUT2D eigenvalue weighted by atomic mass is 35.6. The maximum Gasteiger partial charge on any atom is 0.375 e. The Morgan fingerprint density at radius 2 is 1.59 bits per heavy atom. The van der Waals surface area contributed by atoms with Crippen LogP contribution in [0.3, 0.4) is 0 Å². The Balaban J connectivity index is 4.91. The Bertz CT molecular complexity index is 363. The summed E-state index contributed by atoms with van der Waals surface area (Å²) in [5.74, 6) is -2.18. The Kier molecular flexibility index (Phi) is 11.4. The molecular formula is C13H24Cl3O5P. The fraction of sp³-hybridized carbons (Fsp3) is 0.923. The van der Waals surface area contributed by atoms with Gasteiger partial charge >= 0.3 is 13.6 Å². The zero-order chi connectivity index (χ0) is 17.2. The monoisotopic (exact) mass is 396 g/mol. The molecule has 0 bridgehead atoms. The van der Waals surface area contributed by atoms with Crippen molar-refractivity contribution in [3.05, 3.63) is 0 Å². The number of unbranched alkanes of at least 4 members (excludes halogenated alkanes) is 3. The van der Waals surface area contributed by atoms with E-state index >= 15 is 0 Å². The lowest BCUT2D eigenvalue weighted by Gasteiger charge is -2.30. The van der Waals surface area contributed by atoms with Crippen molar-refractivity contribution in [2.45, 2.75) is 62.5 Å². The van der Waals surface area contributed by atoms with Gasteiger partial charge in [0.15, 0.2) is 0 Å². The summed E-state index contributed by atoms with van der Waals surface area (Å²) < 4.78 is 25.9. The Hall–Kier alpha value is 0.490. The summed E-state index contributed by atoms with van der Waals surface area (Å²) in [4.78, 5) is 11.9. The molecule has 0 amide bonds. The van der Waals surface area contributed by atoms with Gasteiger partial charge in [-0.05, 0) is 20.3 Å². The van der Waals surface area contributed by atoms with Gasteiger partial charge in [-0.15, -0.1) is 0 Å². The number of rotatable bonds is 11. The van der Waals surface area contributed by atoms with Gasteiger partial charge in [0.05, 0.1) is 13.2 Å². The Morgan fingerprint density at radius 1 is 1.05 bits per heavy atom. The first-order valence-corrected chi connectivity index (χ1v) is 10.1. The second-order valence-electron chi connectivity index (χ2n) is 4.57. The van der Waals surface area contributed by atoms with Crippen molar-refractivity contribution in [2.75, 3.05) is 13.2 Å². The molecule has 0 aliphatic carbocycles.